The number of rotatable bonds is 7. The number of pyridine rings is 1. The van der Waals surface area contributed by atoms with Crippen LogP contribution < -0.4 is 15.4 Å². The van der Waals surface area contributed by atoms with E-state index < -0.39 is 6.04 Å². The van der Waals surface area contributed by atoms with Crippen LogP contribution in [-0.2, 0) is 4.79 Å². The summed E-state index contributed by atoms with van der Waals surface area (Å²) in [6.45, 7) is 5.59. The van der Waals surface area contributed by atoms with Gasteiger partial charge in [-0.15, -0.1) is 10.2 Å². The first kappa shape index (κ1) is 20.3. The van der Waals surface area contributed by atoms with Gasteiger partial charge in [-0.1, -0.05) is 32.0 Å². The fourth-order valence-corrected chi connectivity index (χ4v) is 3.11. The highest BCUT2D eigenvalue weighted by Crippen LogP contribution is 2.18. The predicted molar refractivity (Wildman–Crippen MR) is 109 cm³/mol. The Hall–Kier alpha value is -3.42. The molecule has 0 bridgehead atoms. The SMILES string of the molecule is COc1ccccc1C(=O)NC(C(=O)NC(C)c1nnc2ccccn12)C(C)C. The van der Waals surface area contributed by atoms with Crippen LogP contribution in [0.15, 0.2) is 48.7 Å². The zero-order valence-corrected chi connectivity index (χ0v) is 16.9. The highest BCUT2D eigenvalue weighted by molar-refractivity contribution is 5.99. The molecule has 152 valence electrons. The zero-order chi connectivity index (χ0) is 21.0. The topological polar surface area (TPSA) is 97.6 Å². The van der Waals surface area contributed by atoms with E-state index in [1.807, 2.05) is 49.6 Å². The Balaban J connectivity index is 1.75. The van der Waals surface area contributed by atoms with Crippen molar-refractivity contribution in [3.05, 3.63) is 60.0 Å². The van der Waals surface area contributed by atoms with Gasteiger partial charge in [-0.25, -0.2) is 0 Å². The third-order valence-corrected chi connectivity index (χ3v) is 4.67. The van der Waals surface area contributed by atoms with Crippen LogP contribution in [0.1, 0.15) is 43.0 Å². The fourth-order valence-electron chi connectivity index (χ4n) is 3.11. The van der Waals surface area contributed by atoms with Gasteiger partial charge in [-0.2, -0.15) is 0 Å². The molecule has 0 saturated carbocycles. The monoisotopic (exact) mass is 395 g/mol. The van der Waals surface area contributed by atoms with Gasteiger partial charge in [0.1, 0.15) is 11.8 Å². The Labute approximate surface area is 169 Å². The second kappa shape index (κ2) is 8.72. The number of carbonyl (C=O) groups is 2. The van der Waals surface area contributed by atoms with Crippen LogP contribution in [-0.4, -0.2) is 39.6 Å². The van der Waals surface area contributed by atoms with Crippen LogP contribution >= 0.6 is 0 Å². The van der Waals surface area contributed by atoms with Gasteiger partial charge in [0.15, 0.2) is 11.5 Å². The number of hydrogen-bond donors (Lipinski definition) is 2. The number of fused-ring (bicyclic) bond motifs is 1. The fraction of sp³-hybridized carbons (Fsp3) is 0.333. The average Bonchev–Trinajstić information content (AvgIpc) is 3.15. The Morgan fingerprint density at radius 1 is 1.00 bits per heavy atom. The van der Waals surface area contributed by atoms with Gasteiger partial charge >= 0.3 is 0 Å². The van der Waals surface area contributed by atoms with Gasteiger partial charge in [-0.05, 0) is 37.1 Å². The van der Waals surface area contributed by atoms with E-state index in [4.69, 9.17) is 4.74 Å². The largest absolute Gasteiger partial charge is 0.496 e. The number of nitrogens with one attached hydrogen (secondary N) is 2. The Morgan fingerprint density at radius 2 is 1.72 bits per heavy atom. The number of para-hydroxylation sites is 1. The average molecular weight is 395 g/mol. The summed E-state index contributed by atoms with van der Waals surface area (Å²) in [4.78, 5) is 25.7. The predicted octanol–water partition coefficient (Wildman–Crippen LogP) is 2.37. The molecule has 0 saturated heterocycles. The van der Waals surface area contributed by atoms with Crippen molar-refractivity contribution in [3.8, 4) is 5.75 Å². The zero-order valence-electron chi connectivity index (χ0n) is 16.9. The molecular weight excluding hydrogens is 370 g/mol. The van der Waals surface area contributed by atoms with E-state index in [-0.39, 0.29) is 23.8 Å². The van der Waals surface area contributed by atoms with E-state index in [1.54, 1.807) is 24.3 Å². The first-order valence-electron chi connectivity index (χ1n) is 9.46. The molecule has 0 radical (unpaired) electrons. The van der Waals surface area contributed by atoms with Crippen molar-refractivity contribution < 1.29 is 14.3 Å². The van der Waals surface area contributed by atoms with E-state index in [1.165, 1.54) is 7.11 Å². The van der Waals surface area contributed by atoms with Crippen LogP contribution in [0, 0.1) is 5.92 Å². The van der Waals surface area contributed by atoms with Crippen LogP contribution in [0.4, 0.5) is 0 Å². The molecule has 2 aromatic heterocycles. The molecule has 0 aliphatic rings. The molecule has 3 rings (SSSR count). The maximum Gasteiger partial charge on any atom is 0.255 e. The minimum atomic E-state index is -0.714. The second-order valence-corrected chi connectivity index (χ2v) is 7.11. The molecule has 3 aromatic rings. The van der Waals surface area contributed by atoms with Gasteiger partial charge in [0, 0.05) is 6.20 Å². The first-order valence-corrected chi connectivity index (χ1v) is 9.46. The molecule has 0 aliphatic carbocycles. The molecule has 29 heavy (non-hydrogen) atoms. The molecular formula is C21H25N5O3. The molecule has 2 N–H and O–H groups in total. The summed E-state index contributed by atoms with van der Waals surface area (Å²) in [7, 11) is 1.50. The van der Waals surface area contributed by atoms with Gasteiger partial charge < -0.3 is 15.4 Å². The summed E-state index contributed by atoms with van der Waals surface area (Å²) < 4.78 is 7.07. The molecule has 2 heterocycles. The molecule has 2 amide bonds. The quantitative estimate of drug-likeness (QED) is 0.640. The van der Waals surface area contributed by atoms with Gasteiger partial charge in [0.05, 0.1) is 18.7 Å². The molecule has 0 fully saturated rings. The number of methoxy groups -OCH3 is 1. The summed E-state index contributed by atoms with van der Waals surface area (Å²) in [5.74, 6) is 0.306. The maximum absolute atomic E-state index is 12.9. The molecule has 1 aromatic carbocycles. The summed E-state index contributed by atoms with van der Waals surface area (Å²) in [5, 5.41) is 14.0. The van der Waals surface area contributed by atoms with Crippen molar-refractivity contribution in [1.29, 1.82) is 0 Å². The van der Waals surface area contributed by atoms with E-state index in [2.05, 4.69) is 20.8 Å². The smallest absolute Gasteiger partial charge is 0.255 e. The standard InChI is InChI=1S/C21H25N5O3/c1-13(2)18(23-20(27)15-9-5-6-10-16(15)29-4)21(28)22-14(3)19-25-24-17-11-7-8-12-26(17)19/h5-14,18H,1-4H3,(H,22,28)(H,23,27). The molecule has 2 atom stereocenters. The normalized spacial score (nSPS) is 13.1. The minimum absolute atomic E-state index is 0.115. The third kappa shape index (κ3) is 4.37. The van der Waals surface area contributed by atoms with Crippen molar-refractivity contribution in [2.45, 2.75) is 32.9 Å². The molecule has 0 spiro atoms. The van der Waals surface area contributed by atoms with E-state index in [0.717, 1.165) is 0 Å². The summed E-state index contributed by atoms with van der Waals surface area (Å²) >= 11 is 0. The number of aromatic nitrogens is 3. The van der Waals surface area contributed by atoms with Crippen LogP contribution in [0.5, 0.6) is 5.75 Å². The number of nitrogens with zero attached hydrogens (tertiary/aromatic N) is 3. The number of hydrogen-bond acceptors (Lipinski definition) is 5. The van der Waals surface area contributed by atoms with Crippen molar-refractivity contribution >= 4 is 17.5 Å². The van der Waals surface area contributed by atoms with Crippen molar-refractivity contribution in [3.63, 3.8) is 0 Å². The van der Waals surface area contributed by atoms with Crippen molar-refractivity contribution in [2.24, 2.45) is 5.92 Å². The summed E-state index contributed by atoms with van der Waals surface area (Å²) in [5.41, 5.74) is 1.08. The van der Waals surface area contributed by atoms with E-state index in [0.29, 0.717) is 22.8 Å². The lowest BCUT2D eigenvalue weighted by Crippen LogP contribution is -2.50. The highest BCUT2D eigenvalue weighted by atomic mass is 16.5. The Morgan fingerprint density at radius 3 is 2.45 bits per heavy atom. The number of amides is 2. The lowest BCUT2D eigenvalue weighted by molar-refractivity contribution is -0.124. The molecule has 0 aliphatic heterocycles. The van der Waals surface area contributed by atoms with Gasteiger partial charge in [0.25, 0.3) is 5.91 Å². The highest BCUT2D eigenvalue weighted by Gasteiger charge is 2.28. The van der Waals surface area contributed by atoms with E-state index >= 15 is 0 Å². The molecule has 2 unspecified atom stereocenters. The maximum atomic E-state index is 12.9. The first-order chi connectivity index (χ1) is 13.9. The summed E-state index contributed by atoms with van der Waals surface area (Å²) in [6.07, 6.45) is 1.84. The number of ether oxygens (including phenoxy) is 1. The van der Waals surface area contributed by atoms with E-state index in [9.17, 15) is 9.59 Å². The number of carbonyl (C=O) groups excluding carboxylic acids is 2. The third-order valence-electron chi connectivity index (χ3n) is 4.67. The van der Waals surface area contributed by atoms with Crippen LogP contribution in [0.3, 0.4) is 0 Å². The van der Waals surface area contributed by atoms with Crippen LogP contribution in [0.2, 0.25) is 0 Å². The van der Waals surface area contributed by atoms with Gasteiger partial charge in [-0.3, -0.25) is 14.0 Å². The summed E-state index contributed by atoms with van der Waals surface area (Å²) in [6, 6.07) is 11.4. The molecule has 8 nitrogen and oxygen atoms in total. The Bertz CT molecular complexity index is 1010. The lowest BCUT2D eigenvalue weighted by Gasteiger charge is -2.24. The Kier molecular flexibility index (Phi) is 6.11. The second-order valence-electron chi connectivity index (χ2n) is 7.11. The van der Waals surface area contributed by atoms with Crippen molar-refractivity contribution in [1.82, 2.24) is 25.2 Å². The van der Waals surface area contributed by atoms with Crippen molar-refractivity contribution in [2.75, 3.05) is 7.11 Å². The van der Waals surface area contributed by atoms with Gasteiger partial charge in [0.2, 0.25) is 5.91 Å². The lowest BCUT2D eigenvalue weighted by atomic mass is 10.0. The number of benzene rings is 1. The van der Waals surface area contributed by atoms with Crippen LogP contribution in [0.25, 0.3) is 5.65 Å². The minimum Gasteiger partial charge on any atom is -0.496 e. The molecule has 8 heteroatoms.